The third-order valence-electron chi connectivity index (χ3n) is 6.70. The van der Waals surface area contributed by atoms with Crippen LogP contribution < -0.4 is 4.74 Å². The molecule has 0 radical (unpaired) electrons. The summed E-state index contributed by atoms with van der Waals surface area (Å²) < 4.78 is 6.36. The summed E-state index contributed by atoms with van der Waals surface area (Å²) in [4.78, 5) is 27.5. The van der Waals surface area contributed by atoms with Gasteiger partial charge >= 0.3 is 0 Å². The number of carbonyl (C=O) groups is 2. The molecule has 2 aliphatic heterocycles. The maximum atomic E-state index is 12.9. The first-order valence-corrected chi connectivity index (χ1v) is 9.37. The van der Waals surface area contributed by atoms with Gasteiger partial charge in [-0.3, -0.25) is 9.59 Å². The lowest BCUT2D eigenvalue weighted by Crippen LogP contribution is -2.46. The standard InChI is InChI=1S/C20H23NO4/c22-12-6-9-21(10-7-12)19(24)17-14-5-8-20(18(14)17)11-15(23)13-3-1-2-4-16(13)25-20/h1-4,12,14,17-18,22H,5-11H2/t14-,17-,18-,20+/m1/s1. The maximum Gasteiger partial charge on any atom is 0.226 e. The van der Waals surface area contributed by atoms with Crippen molar-refractivity contribution in [1.82, 2.24) is 4.90 Å². The normalized spacial score (nSPS) is 36.8. The first kappa shape index (κ1) is 15.4. The van der Waals surface area contributed by atoms with E-state index in [9.17, 15) is 14.7 Å². The Bertz CT molecular complexity index is 739. The molecule has 1 aromatic rings. The van der Waals surface area contributed by atoms with Crippen LogP contribution in [0.4, 0.5) is 0 Å². The van der Waals surface area contributed by atoms with Gasteiger partial charge in [-0.15, -0.1) is 0 Å². The third-order valence-corrected chi connectivity index (χ3v) is 6.70. The van der Waals surface area contributed by atoms with Gasteiger partial charge in [-0.1, -0.05) is 12.1 Å². The van der Waals surface area contributed by atoms with Gasteiger partial charge in [-0.2, -0.15) is 0 Å². The van der Waals surface area contributed by atoms with Crippen molar-refractivity contribution in [1.29, 1.82) is 0 Å². The molecule has 2 heterocycles. The highest BCUT2D eigenvalue weighted by Crippen LogP contribution is 2.66. The van der Waals surface area contributed by atoms with Crippen molar-refractivity contribution in [3.05, 3.63) is 29.8 Å². The number of ketones is 1. The lowest BCUT2D eigenvalue weighted by Gasteiger charge is -2.37. The molecule has 0 bridgehead atoms. The topological polar surface area (TPSA) is 66.8 Å². The maximum absolute atomic E-state index is 12.9. The van der Waals surface area contributed by atoms with Gasteiger partial charge < -0.3 is 14.7 Å². The number of carbonyl (C=O) groups excluding carboxylic acids is 2. The van der Waals surface area contributed by atoms with Gasteiger partial charge in [0.15, 0.2) is 5.78 Å². The quantitative estimate of drug-likeness (QED) is 0.849. The molecule has 0 unspecified atom stereocenters. The van der Waals surface area contributed by atoms with Crippen LogP contribution in [0.2, 0.25) is 0 Å². The number of Topliss-reactive ketones (excluding diaryl/α,β-unsaturated/α-hetero) is 1. The number of benzene rings is 1. The summed E-state index contributed by atoms with van der Waals surface area (Å²) in [5, 5.41) is 9.65. The van der Waals surface area contributed by atoms with E-state index in [1.54, 1.807) is 0 Å². The largest absolute Gasteiger partial charge is 0.486 e. The molecule has 3 fully saturated rings. The van der Waals surface area contributed by atoms with Gasteiger partial charge in [-0.25, -0.2) is 0 Å². The fourth-order valence-electron chi connectivity index (χ4n) is 5.40. The first-order chi connectivity index (χ1) is 12.1. The van der Waals surface area contributed by atoms with Crippen LogP contribution in [-0.4, -0.2) is 46.5 Å². The molecule has 2 saturated carbocycles. The molecule has 0 aromatic heterocycles. The number of likely N-dealkylation sites (tertiary alicyclic amines) is 1. The van der Waals surface area contributed by atoms with Crippen LogP contribution in [0.15, 0.2) is 24.3 Å². The molecule has 1 aromatic carbocycles. The third kappa shape index (κ3) is 2.25. The van der Waals surface area contributed by atoms with E-state index in [1.807, 2.05) is 29.2 Å². The zero-order valence-electron chi connectivity index (χ0n) is 14.2. The summed E-state index contributed by atoms with van der Waals surface area (Å²) in [5.74, 6) is 1.56. The minimum Gasteiger partial charge on any atom is -0.486 e. The number of rotatable bonds is 1. The van der Waals surface area contributed by atoms with Gasteiger partial charge in [-0.05, 0) is 43.7 Å². The lowest BCUT2D eigenvalue weighted by atomic mass is 9.84. The van der Waals surface area contributed by atoms with E-state index in [2.05, 4.69) is 0 Å². The highest BCUT2D eigenvalue weighted by atomic mass is 16.5. The molecule has 4 atom stereocenters. The van der Waals surface area contributed by atoms with Crippen LogP contribution in [0.25, 0.3) is 0 Å². The molecule has 4 aliphatic rings. The van der Waals surface area contributed by atoms with Gasteiger partial charge in [0.2, 0.25) is 5.91 Å². The Hall–Kier alpha value is -1.88. The van der Waals surface area contributed by atoms with Crippen molar-refractivity contribution < 1.29 is 19.4 Å². The van der Waals surface area contributed by atoms with E-state index in [0.29, 0.717) is 49.6 Å². The Morgan fingerprint density at radius 1 is 1.20 bits per heavy atom. The molecule has 5 heteroatoms. The number of aliphatic hydroxyl groups is 1. The van der Waals surface area contributed by atoms with E-state index in [-0.39, 0.29) is 29.6 Å². The number of amides is 1. The minimum absolute atomic E-state index is 0.00190. The van der Waals surface area contributed by atoms with Crippen molar-refractivity contribution in [2.45, 2.75) is 43.8 Å². The van der Waals surface area contributed by atoms with E-state index >= 15 is 0 Å². The molecular weight excluding hydrogens is 318 g/mol. The number of ether oxygens (including phenoxy) is 1. The Morgan fingerprint density at radius 2 is 1.96 bits per heavy atom. The van der Waals surface area contributed by atoms with Crippen LogP contribution in [0.3, 0.4) is 0 Å². The predicted octanol–water partition coefficient (Wildman–Crippen LogP) is 2.03. The lowest BCUT2D eigenvalue weighted by molar-refractivity contribution is -0.136. The van der Waals surface area contributed by atoms with Crippen LogP contribution in [0.5, 0.6) is 5.75 Å². The van der Waals surface area contributed by atoms with Crippen LogP contribution >= 0.6 is 0 Å². The zero-order valence-corrected chi connectivity index (χ0v) is 14.2. The van der Waals surface area contributed by atoms with Crippen molar-refractivity contribution in [3.63, 3.8) is 0 Å². The van der Waals surface area contributed by atoms with Gasteiger partial charge in [0.1, 0.15) is 11.4 Å². The molecule has 25 heavy (non-hydrogen) atoms. The second-order valence-corrected chi connectivity index (χ2v) is 8.07. The van der Waals surface area contributed by atoms with Crippen molar-refractivity contribution >= 4 is 11.7 Å². The van der Waals surface area contributed by atoms with Crippen LogP contribution in [-0.2, 0) is 4.79 Å². The number of aliphatic hydroxyl groups excluding tert-OH is 1. The number of hydrogen-bond donors (Lipinski definition) is 1. The molecule has 5 rings (SSSR count). The van der Waals surface area contributed by atoms with Crippen molar-refractivity contribution in [2.24, 2.45) is 17.8 Å². The monoisotopic (exact) mass is 341 g/mol. The number of piperidine rings is 1. The van der Waals surface area contributed by atoms with E-state index in [0.717, 1.165) is 12.8 Å². The van der Waals surface area contributed by atoms with E-state index < -0.39 is 5.60 Å². The molecular formula is C20H23NO4. The summed E-state index contributed by atoms with van der Waals surface area (Å²) in [6.45, 7) is 1.29. The number of nitrogens with zero attached hydrogens (tertiary/aromatic N) is 1. The van der Waals surface area contributed by atoms with Gasteiger partial charge in [0, 0.05) is 24.9 Å². The Morgan fingerprint density at radius 3 is 2.76 bits per heavy atom. The highest BCUT2D eigenvalue weighted by molar-refractivity contribution is 6.00. The molecule has 1 saturated heterocycles. The van der Waals surface area contributed by atoms with Crippen LogP contribution in [0, 0.1) is 17.8 Å². The van der Waals surface area contributed by atoms with Crippen molar-refractivity contribution in [3.8, 4) is 5.75 Å². The smallest absolute Gasteiger partial charge is 0.226 e. The molecule has 132 valence electrons. The van der Waals surface area contributed by atoms with Gasteiger partial charge in [0.05, 0.1) is 18.1 Å². The summed E-state index contributed by atoms with van der Waals surface area (Å²) in [6.07, 6.45) is 3.29. The van der Waals surface area contributed by atoms with E-state index in [1.165, 1.54) is 0 Å². The number of para-hydroxylation sites is 1. The molecule has 1 N–H and O–H groups in total. The molecule has 2 aliphatic carbocycles. The Balaban J connectivity index is 1.36. The summed E-state index contributed by atoms with van der Waals surface area (Å²) in [5.41, 5.74) is 0.191. The predicted molar refractivity (Wildman–Crippen MR) is 90.3 cm³/mol. The van der Waals surface area contributed by atoms with Gasteiger partial charge in [0.25, 0.3) is 0 Å². The van der Waals surface area contributed by atoms with Crippen LogP contribution in [0.1, 0.15) is 42.5 Å². The second-order valence-electron chi connectivity index (χ2n) is 8.07. The number of fused-ring (bicyclic) bond motifs is 3. The minimum atomic E-state index is -0.480. The molecule has 1 amide bonds. The summed E-state index contributed by atoms with van der Waals surface area (Å²) >= 11 is 0. The number of hydrogen-bond acceptors (Lipinski definition) is 4. The molecule has 1 spiro atoms. The first-order valence-electron chi connectivity index (χ1n) is 9.37. The average Bonchev–Trinajstić information content (AvgIpc) is 3.26. The zero-order chi connectivity index (χ0) is 17.2. The molecule has 5 nitrogen and oxygen atoms in total. The summed E-state index contributed by atoms with van der Waals surface area (Å²) in [6, 6.07) is 7.45. The summed E-state index contributed by atoms with van der Waals surface area (Å²) in [7, 11) is 0. The Labute approximate surface area is 147 Å². The Kier molecular flexibility index (Phi) is 3.26. The second kappa shape index (κ2) is 5.31. The average molecular weight is 341 g/mol. The SMILES string of the molecule is O=C1C[C@]2(CC[C@@H]3[C@@H](C(=O)N4CCC(O)CC4)[C@@H]32)Oc2ccccc21. The van der Waals surface area contributed by atoms with Crippen molar-refractivity contribution in [2.75, 3.05) is 13.1 Å². The highest BCUT2D eigenvalue weighted by Gasteiger charge is 2.71. The van der Waals surface area contributed by atoms with E-state index in [4.69, 9.17) is 4.74 Å². The fraction of sp³-hybridized carbons (Fsp3) is 0.600. The fourth-order valence-corrected chi connectivity index (χ4v) is 5.40.